The molecule has 0 spiro atoms. The Labute approximate surface area is 124 Å². The molecule has 4 nitrogen and oxygen atoms in total. The summed E-state index contributed by atoms with van der Waals surface area (Å²) in [6.45, 7) is 14.1. The van der Waals surface area contributed by atoms with Crippen molar-refractivity contribution < 1.29 is 9.84 Å². The normalized spacial score (nSPS) is 25.4. The Morgan fingerprint density at radius 3 is 2.15 bits per heavy atom. The van der Waals surface area contributed by atoms with Gasteiger partial charge < -0.3 is 15.2 Å². The van der Waals surface area contributed by atoms with Gasteiger partial charge in [0.2, 0.25) is 0 Å². The molecule has 20 heavy (non-hydrogen) atoms. The van der Waals surface area contributed by atoms with Gasteiger partial charge in [-0.25, -0.2) is 0 Å². The minimum Gasteiger partial charge on any atom is -0.394 e. The molecule has 0 radical (unpaired) electrons. The predicted octanol–water partition coefficient (Wildman–Crippen LogP) is 2.02. The van der Waals surface area contributed by atoms with Crippen molar-refractivity contribution in [3.63, 3.8) is 0 Å². The average molecular weight is 286 g/mol. The molecular formula is C16H34N2O2. The molecule has 0 aromatic heterocycles. The summed E-state index contributed by atoms with van der Waals surface area (Å²) in [6, 6.07) is 0. The van der Waals surface area contributed by atoms with E-state index in [1.165, 1.54) is 6.42 Å². The number of hydrogen-bond donors (Lipinski definition) is 2. The van der Waals surface area contributed by atoms with Gasteiger partial charge in [-0.3, -0.25) is 4.90 Å². The lowest BCUT2D eigenvalue weighted by molar-refractivity contribution is -0.180. The fourth-order valence-electron chi connectivity index (χ4n) is 3.24. The highest BCUT2D eigenvalue weighted by atomic mass is 16.5. The van der Waals surface area contributed by atoms with Crippen LogP contribution < -0.4 is 5.32 Å². The molecule has 0 bridgehead atoms. The number of hydrogen-bond acceptors (Lipinski definition) is 4. The van der Waals surface area contributed by atoms with Gasteiger partial charge in [0.25, 0.3) is 0 Å². The lowest BCUT2D eigenvalue weighted by Gasteiger charge is -2.47. The van der Waals surface area contributed by atoms with Crippen molar-refractivity contribution in [1.82, 2.24) is 10.2 Å². The minimum absolute atomic E-state index is 0.0632. The van der Waals surface area contributed by atoms with Gasteiger partial charge in [0.15, 0.2) is 0 Å². The molecule has 1 rings (SSSR count). The Morgan fingerprint density at radius 2 is 1.70 bits per heavy atom. The quantitative estimate of drug-likeness (QED) is 0.703. The van der Waals surface area contributed by atoms with Gasteiger partial charge in [0.1, 0.15) is 0 Å². The van der Waals surface area contributed by atoms with E-state index in [1.807, 2.05) is 7.05 Å². The highest BCUT2D eigenvalue weighted by Crippen LogP contribution is 2.28. The summed E-state index contributed by atoms with van der Waals surface area (Å²) in [5.74, 6) is 0. The van der Waals surface area contributed by atoms with E-state index in [0.29, 0.717) is 0 Å². The average Bonchev–Trinajstić information content (AvgIpc) is 2.30. The summed E-state index contributed by atoms with van der Waals surface area (Å²) < 4.78 is 6.10. The summed E-state index contributed by atoms with van der Waals surface area (Å²) in [7, 11) is 1.92. The maximum Gasteiger partial charge on any atom is 0.0760 e. The molecular weight excluding hydrogens is 252 g/mol. The Bertz CT molecular complexity index is 283. The summed E-state index contributed by atoms with van der Waals surface area (Å²) in [4.78, 5) is 2.51. The van der Waals surface area contributed by atoms with Gasteiger partial charge in [-0.15, -0.1) is 0 Å². The second-order valence-corrected chi connectivity index (χ2v) is 7.76. The lowest BCUT2D eigenvalue weighted by Crippen LogP contribution is -2.57. The van der Waals surface area contributed by atoms with E-state index in [4.69, 9.17) is 4.74 Å². The zero-order chi connectivity index (χ0) is 15.4. The highest BCUT2D eigenvalue weighted by molar-refractivity contribution is 4.89. The van der Waals surface area contributed by atoms with E-state index in [9.17, 15) is 5.11 Å². The van der Waals surface area contributed by atoms with Crippen LogP contribution in [0.4, 0.5) is 0 Å². The van der Waals surface area contributed by atoms with Gasteiger partial charge in [-0.1, -0.05) is 6.42 Å². The summed E-state index contributed by atoms with van der Waals surface area (Å²) in [5.41, 5.74) is -0.262. The number of likely N-dealkylation sites (N-methyl/N-ethyl adjacent to an activating group) is 1. The molecule has 1 heterocycles. The SMILES string of the molecule is CNC(C)(CO)CCCCN1CC(C)(C)OC(C)(C)C1. The van der Waals surface area contributed by atoms with Crippen molar-refractivity contribution in [2.24, 2.45) is 0 Å². The number of aliphatic hydroxyl groups is 1. The van der Waals surface area contributed by atoms with E-state index in [1.54, 1.807) is 0 Å². The zero-order valence-electron chi connectivity index (χ0n) is 14.3. The minimum atomic E-state index is -0.135. The molecule has 0 amide bonds. The van der Waals surface area contributed by atoms with Crippen LogP contribution in [-0.2, 0) is 4.74 Å². The summed E-state index contributed by atoms with van der Waals surface area (Å²) >= 11 is 0. The first kappa shape index (κ1) is 17.9. The summed E-state index contributed by atoms with van der Waals surface area (Å²) in [6.07, 6.45) is 3.32. The molecule has 1 aliphatic heterocycles. The Balaban J connectivity index is 2.35. The Morgan fingerprint density at radius 1 is 1.15 bits per heavy atom. The molecule has 1 unspecified atom stereocenters. The first-order valence-electron chi connectivity index (χ1n) is 7.84. The standard InChI is InChI=1S/C16H34N2O2/c1-14(2)11-18(12-15(3,4)20-14)10-8-7-9-16(5,13-19)17-6/h17,19H,7-13H2,1-6H3. The van der Waals surface area contributed by atoms with Crippen molar-refractivity contribution in [3.8, 4) is 0 Å². The van der Waals surface area contributed by atoms with Crippen LogP contribution in [0.15, 0.2) is 0 Å². The van der Waals surface area contributed by atoms with Crippen molar-refractivity contribution in [2.45, 2.75) is 70.6 Å². The third kappa shape index (κ3) is 5.68. The number of rotatable bonds is 7. The molecule has 1 fully saturated rings. The van der Waals surface area contributed by atoms with E-state index in [-0.39, 0.29) is 23.3 Å². The predicted molar refractivity (Wildman–Crippen MR) is 84.1 cm³/mol. The monoisotopic (exact) mass is 286 g/mol. The molecule has 1 aliphatic rings. The number of aliphatic hydroxyl groups excluding tert-OH is 1. The fourth-order valence-corrected chi connectivity index (χ4v) is 3.24. The third-order valence-electron chi connectivity index (χ3n) is 4.17. The molecule has 0 saturated carbocycles. The maximum atomic E-state index is 9.38. The van der Waals surface area contributed by atoms with Gasteiger partial charge in [0, 0.05) is 18.6 Å². The van der Waals surface area contributed by atoms with Crippen molar-refractivity contribution in [1.29, 1.82) is 0 Å². The van der Waals surface area contributed by atoms with Crippen LogP contribution in [0.3, 0.4) is 0 Å². The second-order valence-electron chi connectivity index (χ2n) is 7.76. The van der Waals surface area contributed by atoms with Gasteiger partial charge in [-0.2, -0.15) is 0 Å². The largest absolute Gasteiger partial charge is 0.394 e. The summed E-state index contributed by atoms with van der Waals surface area (Å²) in [5, 5.41) is 12.6. The van der Waals surface area contributed by atoms with E-state index in [0.717, 1.165) is 32.5 Å². The van der Waals surface area contributed by atoms with Gasteiger partial charge in [-0.05, 0) is 61.1 Å². The van der Waals surface area contributed by atoms with Crippen LogP contribution in [0, 0.1) is 0 Å². The number of unbranched alkanes of at least 4 members (excludes halogenated alkanes) is 1. The van der Waals surface area contributed by atoms with Crippen LogP contribution in [0.1, 0.15) is 53.9 Å². The second kappa shape index (κ2) is 6.73. The molecule has 2 N–H and O–H groups in total. The van der Waals surface area contributed by atoms with Crippen LogP contribution in [0.25, 0.3) is 0 Å². The van der Waals surface area contributed by atoms with E-state index < -0.39 is 0 Å². The zero-order valence-corrected chi connectivity index (χ0v) is 14.3. The molecule has 0 aromatic rings. The molecule has 1 atom stereocenters. The van der Waals surface area contributed by atoms with Gasteiger partial charge >= 0.3 is 0 Å². The third-order valence-corrected chi connectivity index (χ3v) is 4.17. The van der Waals surface area contributed by atoms with Crippen LogP contribution >= 0.6 is 0 Å². The molecule has 120 valence electrons. The Hall–Kier alpha value is -0.160. The first-order chi connectivity index (χ1) is 9.11. The fraction of sp³-hybridized carbons (Fsp3) is 1.00. The van der Waals surface area contributed by atoms with Crippen molar-refractivity contribution >= 4 is 0 Å². The molecule has 4 heteroatoms. The molecule has 1 saturated heterocycles. The number of morpholine rings is 1. The number of ether oxygens (including phenoxy) is 1. The smallest absolute Gasteiger partial charge is 0.0760 e. The van der Waals surface area contributed by atoms with Crippen LogP contribution in [0.5, 0.6) is 0 Å². The van der Waals surface area contributed by atoms with Crippen LogP contribution in [-0.4, -0.2) is 60.0 Å². The van der Waals surface area contributed by atoms with Crippen LogP contribution in [0.2, 0.25) is 0 Å². The Kier molecular flexibility index (Phi) is 6.02. The molecule has 0 aliphatic carbocycles. The topological polar surface area (TPSA) is 44.7 Å². The van der Waals surface area contributed by atoms with E-state index >= 15 is 0 Å². The first-order valence-corrected chi connectivity index (χ1v) is 7.84. The number of nitrogens with one attached hydrogen (secondary N) is 1. The lowest BCUT2D eigenvalue weighted by atomic mass is 9.95. The van der Waals surface area contributed by atoms with E-state index in [2.05, 4.69) is 44.8 Å². The van der Waals surface area contributed by atoms with Crippen molar-refractivity contribution in [2.75, 3.05) is 33.3 Å². The number of nitrogens with zero attached hydrogens (tertiary/aromatic N) is 1. The maximum absolute atomic E-state index is 9.38. The highest BCUT2D eigenvalue weighted by Gasteiger charge is 2.37. The van der Waals surface area contributed by atoms with Gasteiger partial charge in [0.05, 0.1) is 17.8 Å². The molecule has 0 aromatic carbocycles. The van der Waals surface area contributed by atoms with Crippen molar-refractivity contribution in [3.05, 3.63) is 0 Å².